The summed E-state index contributed by atoms with van der Waals surface area (Å²) in [5.74, 6) is -0.364. The number of carbonyl (C=O) groups excluding carboxylic acids is 1. The Morgan fingerprint density at radius 2 is 1.94 bits per heavy atom. The van der Waals surface area contributed by atoms with Crippen LogP contribution in [0.1, 0.15) is 19.8 Å². The van der Waals surface area contributed by atoms with Crippen molar-refractivity contribution in [3.8, 4) is 5.75 Å². The van der Waals surface area contributed by atoms with E-state index in [0.29, 0.717) is 18.6 Å². The van der Waals surface area contributed by atoms with Gasteiger partial charge in [-0.25, -0.2) is 0 Å². The van der Waals surface area contributed by atoms with E-state index in [1.54, 1.807) is 19.1 Å². The molecular weight excluding hydrogens is 230 g/mol. The quantitative estimate of drug-likeness (QED) is 0.627. The van der Waals surface area contributed by atoms with Crippen LogP contribution < -0.4 is 10.1 Å². The van der Waals surface area contributed by atoms with Crippen molar-refractivity contribution in [1.29, 1.82) is 0 Å². The molecule has 1 atom stereocenters. The van der Waals surface area contributed by atoms with Crippen molar-refractivity contribution in [3.63, 3.8) is 0 Å². The minimum absolute atomic E-state index is 0.370. The third-order valence-electron chi connectivity index (χ3n) is 3.59. The predicted octanol–water partition coefficient (Wildman–Crippen LogP) is 1.34. The van der Waals surface area contributed by atoms with Gasteiger partial charge < -0.3 is 15.2 Å². The third-order valence-corrected chi connectivity index (χ3v) is 3.59. The van der Waals surface area contributed by atoms with E-state index in [-0.39, 0.29) is 5.97 Å². The Bertz CT molecular complexity index is 399. The Balaban J connectivity index is 2.00. The van der Waals surface area contributed by atoms with Crippen LogP contribution in [0.25, 0.3) is 0 Å². The van der Waals surface area contributed by atoms with Crippen molar-refractivity contribution in [2.24, 2.45) is 5.92 Å². The molecule has 1 saturated heterocycles. The van der Waals surface area contributed by atoms with Gasteiger partial charge in [0.15, 0.2) is 0 Å². The second-order valence-corrected chi connectivity index (χ2v) is 4.81. The molecule has 0 bridgehead atoms. The fourth-order valence-corrected chi connectivity index (χ4v) is 2.21. The normalized spacial score (nSPS) is 20.1. The van der Waals surface area contributed by atoms with E-state index in [0.717, 1.165) is 13.1 Å². The van der Waals surface area contributed by atoms with Crippen LogP contribution in [0.3, 0.4) is 0 Å². The van der Waals surface area contributed by atoms with Crippen LogP contribution in [0.2, 0.25) is 0 Å². The first-order valence-corrected chi connectivity index (χ1v) is 6.32. The SMILES string of the molecule is CC(C(=O)Oc1ccccc1)C1(O)CCNCC1. The first kappa shape index (κ1) is 13.1. The van der Waals surface area contributed by atoms with Crippen molar-refractivity contribution >= 4 is 5.97 Å². The lowest BCUT2D eigenvalue weighted by Gasteiger charge is -2.36. The summed E-state index contributed by atoms with van der Waals surface area (Å²) >= 11 is 0. The number of benzene rings is 1. The molecule has 1 aromatic rings. The molecule has 0 aliphatic carbocycles. The summed E-state index contributed by atoms with van der Waals surface area (Å²) in [4.78, 5) is 12.0. The molecule has 1 aliphatic rings. The number of carbonyl (C=O) groups is 1. The first-order valence-electron chi connectivity index (χ1n) is 6.32. The first-order chi connectivity index (χ1) is 8.62. The summed E-state index contributed by atoms with van der Waals surface area (Å²) in [6.45, 7) is 3.20. The molecular formula is C14H19NO3. The lowest BCUT2D eigenvalue weighted by molar-refractivity contribution is -0.149. The summed E-state index contributed by atoms with van der Waals surface area (Å²) in [5, 5.41) is 13.6. The lowest BCUT2D eigenvalue weighted by Crippen LogP contribution is -2.49. The van der Waals surface area contributed by atoms with Crippen LogP contribution in [0.15, 0.2) is 30.3 Å². The van der Waals surface area contributed by atoms with Crippen LogP contribution in [-0.4, -0.2) is 29.8 Å². The number of nitrogens with one attached hydrogen (secondary N) is 1. The van der Waals surface area contributed by atoms with Crippen molar-refractivity contribution in [3.05, 3.63) is 30.3 Å². The van der Waals surface area contributed by atoms with Gasteiger partial charge in [0.2, 0.25) is 0 Å². The second kappa shape index (κ2) is 5.50. The molecule has 0 amide bonds. The fraction of sp³-hybridized carbons (Fsp3) is 0.500. The van der Waals surface area contributed by atoms with E-state index in [4.69, 9.17) is 4.74 Å². The average molecular weight is 249 g/mol. The highest BCUT2D eigenvalue weighted by atomic mass is 16.5. The second-order valence-electron chi connectivity index (χ2n) is 4.81. The Labute approximate surface area is 107 Å². The number of hydrogen-bond acceptors (Lipinski definition) is 4. The molecule has 0 aromatic heterocycles. The number of para-hydroxylation sites is 1. The standard InChI is InChI=1S/C14H19NO3/c1-11(14(17)7-9-15-10-8-14)13(16)18-12-5-3-2-4-6-12/h2-6,11,15,17H,7-10H2,1H3. The van der Waals surface area contributed by atoms with Crippen molar-refractivity contribution in [2.75, 3.05) is 13.1 Å². The van der Waals surface area contributed by atoms with E-state index in [2.05, 4.69) is 5.32 Å². The van der Waals surface area contributed by atoms with E-state index >= 15 is 0 Å². The van der Waals surface area contributed by atoms with E-state index in [1.165, 1.54) is 0 Å². The van der Waals surface area contributed by atoms with Crippen LogP contribution in [0, 0.1) is 5.92 Å². The van der Waals surface area contributed by atoms with E-state index < -0.39 is 11.5 Å². The smallest absolute Gasteiger partial charge is 0.316 e. The lowest BCUT2D eigenvalue weighted by atomic mass is 9.81. The van der Waals surface area contributed by atoms with Crippen molar-refractivity contribution < 1.29 is 14.6 Å². The third kappa shape index (κ3) is 2.89. The largest absolute Gasteiger partial charge is 0.426 e. The van der Waals surface area contributed by atoms with Crippen molar-refractivity contribution in [1.82, 2.24) is 5.32 Å². The molecule has 0 radical (unpaired) electrons. The topological polar surface area (TPSA) is 58.6 Å². The fourth-order valence-electron chi connectivity index (χ4n) is 2.21. The highest BCUT2D eigenvalue weighted by Crippen LogP contribution is 2.28. The molecule has 0 saturated carbocycles. The molecule has 1 aromatic carbocycles. The van der Waals surface area contributed by atoms with Gasteiger partial charge in [-0.1, -0.05) is 18.2 Å². The van der Waals surface area contributed by atoms with Gasteiger partial charge in [-0.2, -0.15) is 0 Å². The van der Waals surface area contributed by atoms with Gasteiger partial charge in [0, 0.05) is 0 Å². The monoisotopic (exact) mass is 249 g/mol. The van der Waals surface area contributed by atoms with E-state index in [1.807, 2.05) is 18.2 Å². The van der Waals surface area contributed by atoms with Crippen molar-refractivity contribution in [2.45, 2.75) is 25.4 Å². The van der Waals surface area contributed by atoms with Crippen LogP contribution in [-0.2, 0) is 4.79 Å². The molecule has 18 heavy (non-hydrogen) atoms. The van der Waals surface area contributed by atoms with Crippen LogP contribution in [0.4, 0.5) is 0 Å². The van der Waals surface area contributed by atoms with E-state index in [9.17, 15) is 9.90 Å². The molecule has 1 aliphatic heterocycles. The summed E-state index contributed by atoms with van der Waals surface area (Å²) in [5.41, 5.74) is -0.947. The molecule has 1 unspecified atom stereocenters. The van der Waals surface area contributed by atoms with Gasteiger partial charge in [-0.05, 0) is 45.0 Å². The Kier molecular flexibility index (Phi) is 3.99. The average Bonchev–Trinajstić information content (AvgIpc) is 2.40. The van der Waals surface area contributed by atoms with Gasteiger partial charge in [0.1, 0.15) is 5.75 Å². The highest BCUT2D eigenvalue weighted by Gasteiger charge is 2.40. The van der Waals surface area contributed by atoms with Crippen LogP contribution >= 0.6 is 0 Å². The minimum atomic E-state index is -0.947. The molecule has 2 rings (SSSR count). The number of piperidine rings is 1. The van der Waals surface area contributed by atoms with Gasteiger partial charge in [-0.3, -0.25) is 4.79 Å². The molecule has 1 fully saturated rings. The van der Waals surface area contributed by atoms with Gasteiger partial charge >= 0.3 is 5.97 Å². The van der Waals surface area contributed by atoms with Gasteiger partial charge in [0.05, 0.1) is 11.5 Å². The predicted molar refractivity (Wildman–Crippen MR) is 68.3 cm³/mol. The molecule has 0 spiro atoms. The summed E-state index contributed by atoms with van der Waals surface area (Å²) in [6, 6.07) is 8.95. The molecule has 4 heteroatoms. The molecule has 2 N–H and O–H groups in total. The highest BCUT2D eigenvalue weighted by molar-refractivity contribution is 5.76. The number of aliphatic hydroxyl groups is 1. The zero-order valence-corrected chi connectivity index (χ0v) is 10.6. The summed E-state index contributed by atoms with van der Waals surface area (Å²) in [6.07, 6.45) is 1.16. The Morgan fingerprint density at radius 1 is 1.33 bits per heavy atom. The molecule has 98 valence electrons. The summed E-state index contributed by atoms with van der Waals surface area (Å²) < 4.78 is 5.28. The minimum Gasteiger partial charge on any atom is -0.426 e. The zero-order valence-electron chi connectivity index (χ0n) is 10.6. The number of ether oxygens (including phenoxy) is 1. The maximum atomic E-state index is 12.0. The van der Waals surface area contributed by atoms with Crippen LogP contribution in [0.5, 0.6) is 5.75 Å². The maximum absolute atomic E-state index is 12.0. The maximum Gasteiger partial charge on any atom is 0.316 e. The number of hydrogen-bond donors (Lipinski definition) is 2. The number of rotatable bonds is 3. The molecule has 1 heterocycles. The zero-order chi connectivity index (χ0) is 13.0. The van der Waals surface area contributed by atoms with Gasteiger partial charge in [0.25, 0.3) is 0 Å². The molecule has 4 nitrogen and oxygen atoms in total. The Morgan fingerprint density at radius 3 is 2.56 bits per heavy atom. The van der Waals surface area contributed by atoms with Gasteiger partial charge in [-0.15, -0.1) is 0 Å². The number of esters is 1. The Hall–Kier alpha value is -1.39. The summed E-state index contributed by atoms with van der Waals surface area (Å²) in [7, 11) is 0.